The van der Waals surface area contributed by atoms with Crippen LogP contribution >= 0.6 is 22.9 Å². The summed E-state index contributed by atoms with van der Waals surface area (Å²) in [6.45, 7) is 5.39. The van der Waals surface area contributed by atoms with Crippen LogP contribution in [0, 0.1) is 6.92 Å². The van der Waals surface area contributed by atoms with Gasteiger partial charge in [0.2, 0.25) is 0 Å². The van der Waals surface area contributed by atoms with Gasteiger partial charge in [-0.15, -0.1) is 16.4 Å². The molecule has 0 saturated carbocycles. The number of amides is 2. The molecule has 2 aliphatic heterocycles. The standard InChI is InChI=1S/C20H21N5O3S2/c1-12-16(30-23-22-12)19(26)25-6-4-13(11-25)15-14-3-2-5-21-18(14)29-17(15)20(27)24-7-9-28-10-8-24/h2-3,5,13H,4,6-11H2,1H3/t13-/m1/s1. The van der Waals surface area contributed by atoms with Gasteiger partial charge in [0.05, 0.1) is 23.8 Å². The monoisotopic (exact) mass is 443 g/mol. The Labute approximate surface area is 181 Å². The highest BCUT2D eigenvalue weighted by Crippen LogP contribution is 2.40. The molecule has 2 saturated heterocycles. The van der Waals surface area contributed by atoms with Crippen LogP contribution in [0.1, 0.15) is 42.9 Å². The number of fused-ring (bicyclic) bond motifs is 1. The van der Waals surface area contributed by atoms with Crippen LogP contribution < -0.4 is 0 Å². The molecule has 0 bridgehead atoms. The Morgan fingerprint density at radius 2 is 1.93 bits per heavy atom. The third kappa shape index (κ3) is 3.38. The first kappa shape index (κ1) is 19.5. The van der Waals surface area contributed by atoms with Gasteiger partial charge < -0.3 is 14.5 Å². The Bertz CT molecular complexity index is 1110. The van der Waals surface area contributed by atoms with E-state index in [-0.39, 0.29) is 17.7 Å². The number of thiophene rings is 1. The topological polar surface area (TPSA) is 88.5 Å². The number of carbonyl (C=O) groups is 2. The molecule has 0 N–H and O–H groups in total. The van der Waals surface area contributed by atoms with Crippen molar-refractivity contribution in [3.8, 4) is 0 Å². The summed E-state index contributed by atoms with van der Waals surface area (Å²) in [6.07, 6.45) is 2.58. The molecule has 3 aromatic rings. The third-order valence-corrected chi connectivity index (χ3v) is 7.66. The van der Waals surface area contributed by atoms with E-state index in [1.54, 1.807) is 13.1 Å². The summed E-state index contributed by atoms with van der Waals surface area (Å²) in [4.78, 5) is 36.7. The van der Waals surface area contributed by atoms with E-state index in [1.165, 1.54) is 11.3 Å². The number of rotatable bonds is 3. The van der Waals surface area contributed by atoms with Crippen LogP contribution in [0.3, 0.4) is 0 Å². The Balaban J connectivity index is 1.47. The fraction of sp³-hybridized carbons (Fsp3) is 0.450. The Morgan fingerprint density at radius 1 is 1.13 bits per heavy atom. The molecule has 1 atom stereocenters. The van der Waals surface area contributed by atoms with E-state index in [9.17, 15) is 9.59 Å². The number of ether oxygens (including phenoxy) is 1. The number of likely N-dealkylation sites (tertiary alicyclic amines) is 1. The van der Waals surface area contributed by atoms with Crippen LogP contribution in [0.2, 0.25) is 0 Å². The number of morpholine rings is 1. The van der Waals surface area contributed by atoms with Gasteiger partial charge in [0.15, 0.2) is 0 Å². The molecule has 30 heavy (non-hydrogen) atoms. The second-order valence-corrected chi connectivity index (χ2v) is 9.28. The van der Waals surface area contributed by atoms with Crippen LogP contribution in [0.5, 0.6) is 0 Å². The average molecular weight is 444 g/mol. The van der Waals surface area contributed by atoms with Crippen LogP contribution in [-0.2, 0) is 4.74 Å². The lowest BCUT2D eigenvalue weighted by Crippen LogP contribution is -2.40. The smallest absolute Gasteiger partial charge is 0.267 e. The van der Waals surface area contributed by atoms with E-state index in [0.717, 1.165) is 38.6 Å². The first-order valence-electron chi connectivity index (χ1n) is 9.96. The Hall–Kier alpha value is -2.43. The first-order chi connectivity index (χ1) is 14.6. The van der Waals surface area contributed by atoms with Crippen molar-refractivity contribution < 1.29 is 14.3 Å². The number of pyridine rings is 1. The largest absolute Gasteiger partial charge is 0.378 e. The molecular weight excluding hydrogens is 422 g/mol. The highest BCUT2D eigenvalue weighted by molar-refractivity contribution is 7.20. The molecule has 2 amide bonds. The van der Waals surface area contributed by atoms with Gasteiger partial charge in [-0.25, -0.2) is 4.98 Å². The summed E-state index contributed by atoms with van der Waals surface area (Å²) in [5, 5.41) is 4.98. The summed E-state index contributed by atoms with van der Waals surface area (Å²) in [7, 11) is 0. The summed E-state index contributed by atoms with van der Waals surface area (Å²) < 4.78 is 9.29. The zero-order chi connectivity index (χ0) is 20.7. The van der Waals surface area contributed by atoms with Gasteiger partial charge in [0, 0.05) is 43.7 Å². The van der Waals surface area contributed by atoms with Crippen molar-refractivity contribution in [3.05, 3.63) is 39.3 Å². The van der Waals surface area contributed by atoms with Crippen molar-refractivity contribution in [3.63, 3.8) is 0 Å². The van der Waals surface area contributed by atoms with Crippen molar-refractivity contribution in [2.45, 2.75) is 19.3 Å². The molecule has 2 aliphatic rings. The minimum atomic E-state index is -0.0243. The zero-order valence-corrected chi connectivity index (χ0v) is 18.2. The molecule has 10 heteroatoms. The zero-order valence-electron chi connectivity index (χ0n) is 16.5. The number of aryl methyl sites for hydroxylation is 1. The van der Waals surface area contributed by atoms with E-state index >= 15 is 0 Å². The molecular formula is C20H21N5O3S2. The Morgan fingerprint density at radius 3 is 2.70 bits per heavy atom. The van der Waals surface area contributed by atoms with Gasteiger partial charge in [-0.05, 0) is 36.5 Å². The van der Waals surface area contributed by atoms with Crippen LogP contribution in [0.4, 0.5) is 0 Å². The molecule has 0 aromatic carbocycles. The van der Waals surface area contributed by atoms with Gasteiger partial charge in [0.25, 0.3) is 11.8 Å². The minimum Gasteiger partial charge on any atom is -0.378 e. The summed E-state index contributed by atoms with van der Waals surface area (Å²) >= 11 is 2.60. The molecule has 8 nitrogen and oxygen atoms in total. The number of hydrogen-bond acceptors (Lipinski definition) is 8. The van der Waals surface area contributed by atoms with Crippen molar-refractivity contribution >= 4 is 44.9 Å². The molecule has 0 aliphatic carbocycles. The highest BCUT2D eigenvalue weighted by atomic mass is 32.1. The fourth-order valence-electron chi connectivity index (χ4n) is 4.18. The lowest BCUT2D eigenvalue weighted by molar-refractivity contribution is 0.0305. The summed E-state index contributed by atoms with van der Waals surface area (Å²) in [5.41, 5.74) is 1.70. The second-order valence-electron chi connectivity index (χ2n) is 7.53. The molecule has 0 radical (unpaired) electrons. The number of nitrogens with zero attached hydrogens (tertiary/aromatic N) is 5. The predicted octanol–water partition coefficient (Wildman–Crippen LogP) is 2.56. The predicted molar refractivity (Wildman–Crippen MR) is 114 cm³/mol. The molecule has 5 rings (SSSR count). The van der Waals surface area contributed by atoms with E-state index in [1.807, 2.05) is 21.9 Å². The number of aromatic nitrogens is 3. The molecule has 0 unspecified atom stereocenters. The van der Waals surface area contributed by atoms with Gasteiger partial charge in [-0.2, -0.15) is 0 Å². The highest BCUT2D eigenvalue weighted by Gasteiger charge is 2.35. The van der Waals surface area contributed by atoms with E-state index in [0.29, 0.717) is 50.0 Å². The molecule has 5 heterocycles. The quantitative estimate of drug-likeness (QED) is 0.618. The molecule has 3 aromatic heterocycles. The van der Waals surface area contributed by atoms with Gasteiger partial charge in [-0.1, -0.05) is 10.6 Å². The SMILES string of the molecule is Cc1nnsc1C(=O)N1CC[C@@H](c2c(C(=O)N3CCOCC3)sc3ncccc23)C1. The maximum atomic E-state index is 13.4. The Kier molecular flexibility index (Phi) is 5.21. The second kappa shape index (κ2) is 8.01. The van der Waals surface area contributed by atoms with Crippen molar-refractivity contribution in [1.29, 1.82) is 0 Å². The van der Waals surface area contributed by atoms with Crippen molar-refractivity contribution in [2.24, 2.45) is 0 Å². The van der Waals surface area contributed by atoms with E-state index in [2.05, 4.69) is 14.6 Å². The normalized spacial score (nSPS) is 19.6. The molecule has 156 valence electrons. The van der Waals surface area contributed by atoms with Gasteiger partial charge in [-0.3, -0.25) is 9.59 Å². The summed E-state index contributed by atoms with van der Waals surface area (Å²) in [6, 6.07) is 3.94. The van der Waals surface area contributed by atoms with Crippen LogP contribution in [0.15, 0.2) is 18.3 Å². The third-order valence-electron chi connectivity index (χ3n) is 5.73. The van der Waals surface area contributed by atoms with Gasteiger partial charge >= 0.3 is 0 Å². The summed E-state index contributed by atoms with van der Waals surface area (Å²) in [5.74, 6) is 0.125. The van der Waals surface area contributed by atoms with Gasteiger partial charge in [0.1, 0.15) is 9.71 Å². The van der Waals surface area contributed by atoms with E-state index in [4.69, 9.17) is 4.74 Å². The minimum absolute atomic E-state index is 0.0243. The maximum absolute atomic E-state index is 13.4. The average Bonchev–Trinajstić information content (AvgIpc) is 3.51. The number of hydrogen-bond donors (Lipinski definition) is 0. The molecule has 0 spiro atoms. The van der Waals surface area contributed by atoms with E-state index < -0.39 is 0 Å². The fourth-order valence-corrected chi connectivity index (χ4v) is 6.00. The number of carbonyl (C=O) groups excluding carboxylic acids is 2. The van der Waals surface area contributed by atoms with Crippen LogP contribution in [0.25, 0.3) is 10.2 Å². The lowest BCUT2D eigenvalue weighted by atomic mass is 9.95. The van der Waals surface area contributed by atoms with Crippen LogP contribution in [-0.4, -0.2) is 75.6 Å². The van der Waals surface area contributed by atoms with Crippen molar-refractivity contribution in [1.82, 2.24) is 24.4 Å². The maximum Gasteiger partial charge on any atom is 0.267 e. The lowest BCUT2D eigenvalue weighted by Gasteiger charge is -2.27. The first-order valence-corrected chi connectivity index (χ1v) is 11.5. The van der Waals surface area contributed by atoms with Crippen molar-refractivity contribution in [2.75, 3.05) is 39.4 Å². The molecule has 2 fully saturated rings.